The molecule has 6 nitrogen and oxygen atoms in total. The van der Waals surface area contributed by atoms with Gasteiger partial charge in [0.05, 0.1) is 0 Å². The number of likely N-dealkylation sites (N-methyl/N-ethyl adjacent to an activating group) is 1. The number of likely N-dealkylation sites (tertiary alicyclic amines) is 1. The van der Waals surface area contributed by atoms with Gasteiger partial charge in [-0.05, 0) is 45.8 Å². The van der Waals surface area contributed by atoms with Crippen LogP contribution in [0.25, 0.3) is 0 Å². The first-order valence-electron chi connectivity index (χ1n) is 6.60. The van der Waals surface area contributed by atoms with E-state index in [1.165, 1.54) is 17.7 Å². The predicted octanol–water partition coefficient (Wildman–Crippen LogP) is 0.588. The number of hydrogen-bond acceptors (Lipinski definition) is 3. The van der Waals surface area contributed by atoms with Crippen LogP contribution in [-0.4, -0.2) is 66.2 Å². The van der Waals surface area contributed by atoms with Crippen molar-refractivity contribution in [1.82, 2.24) is 15.1 Å². The lowest BCUT2D eigenvalue weighted by atomic mass is 10.4. The van der Waals surface area contributed by atoms with Gasteiger partial charge >= 0.3 is 12.0 Å². The van der Waals surface area contributed by atoms with Crippen LogP contribution in [0.4, 0.5) is 4.79 Å². The fourth-order valence-electron chi connectivity index (χ4n) is 2.11. The number of nitrogens with zero attached hydrogens (tertiary/aromatic N) is 2. The highest BCUT2D eigenvalue weighted by Gasteiger charge is 2.14. The summed E-state index contributed by atoms with van der Waals surface area (Å²) in [5.41, 5.74) is 0. The first-order chi connectivity index (χ1) is 8.63. The Kier molecular flexibility index (Phi) is 6.49. The lowest BCUT2D eigenvalue weighted by molar-refractivity contribution is -0.137. The van der Waals surface area contributed by atoms with E-state index in [2.05, 4.69) is 10.2 Å². The van der Waals surface area contributed by atoms with Gasteiger partial charge in [0, 0.05) is 13.1 Å². The molecule has 0 radical (unpaired) electrons. The first kappa shape index (κ1) is 14.8. The van der Waals surface area contributed by atoms with E-state index < -0.39 is 5.97 Å². The maximum absolute atomic E-state index is 11.6. The highest BCUT2D eigenvalue weighted by atomic mass is 16.4. The third-order valence-corrected chi connectivity index (χ3v) is 3.12. The van der Waals surface area contributed by atoms with Gasteiger partial charge in [-0.1, -0.05) is 0 Å². The van der Waals surface area contributed by atoms with Gasteiger partial charge in [-0.3, -0.25) is 4.79 Å². The van der Waals surface area contributed by atoms with Crippen LogP contribution in [0.1, 0.15) is 26.2 Å². The molecule has 0 bridgehead atoms. The molecule has 0 atom stereocenters. The smallest absolute Gasteiger partial charge is 0.323 e. The van der Waals surface area contributed by atoms with Crippen molar-refractivity contribution in [2.75, 3.05) is 39.3 Å². The van der Waals surface area contributed by atoms with E-state index in [9.17, 15) is 9.59 Å². The summed E-state index contributed by atoms with van der Waals surface area (Å²) in [6.07, 6.45) is 3.46. The molecule has 0 aromatic rings. The van der Waals surface area contributed by atoms with Gasteiger partial charge in [0.15, 0.2) is 0 Å². The monoisotopic (exact) mass is 257 g/mol. The number of rotatable bonds is 7. The standard InChI is InChI=1S/C12H23N3O3/c1-2-15(10-11(16)17)12(18)13-6-5-9-14-7-3-4-8-14/h2-10H2,1H3,(H,13,18)(H,16,17). The third kappa shape index (κ3) is 5.35. The van der Waals surface area contributed by atoms with Crippen molar-refractivity contribution in [3.63, 3.8) is 0 Å². The summed E-state index contributed by atoms with van der Waals surface area (Å²) in [5.74, 6) is -0.982. The van der Waals surface area contributed by atoms with E-state index in [1.54, 1.807) is 6.92 Å². The average Bonchev–Trinajstić information content (AvgIpc) is 2.84. The number of hydrogen-bond donors (Lipinski definition) is 2. The largest absolute Gasteiger partial charge is 0.480 e. The summed E-state index contributed by atoms with van der Waals surface area (Å²) in [7, 11) is 0. The minimum Gasteiger partial charge on any atom is -0.480 e. The Balaban J connectivity index is 2.12. The van der Waals surface area contributed by atoms with Gasteiger partial charge in [0.2, 0.25) is 0 Å². The number of carbonyl (C=O) groups is 2. The van der Waals surface area contributed by atoms with E-state index in [0.29, 0.717) is 13.1 Å². The van der Waals surface area contributed by atoms with Crippen LogP contribution in [0, 0.1) is 0 Å². The lowest BCUT2D eigenvalue weighted by Crippen LogP contribution is -2.43. The molecule has 0 aliphatic carbocycles. The van der Waals surface area contributed by atoms with Gasteiger partial charge in [-0.15, -0.1) is 0 Å². The van der Waals surface area contributed by atoms with Crippen LogP contribution < -0.4 is 5.32 Å². The van der Waals surface area contributed by atoms with Crippen LogP contribution in [-0.2, 0) is 4.79 Å². The van der Waals surface area contributed by atoms with E-state index >= 15 is 0 Å². The van der Waals surface area contributed by atoms with Gasteiger partial charge in [0.25, 0.3) is 0 Å². The normalized spacial score (nSPS) is 15.6. The zero-order valence-corrected chi connectivity index (χ0v) is 11.0. The molecule has 1 rings (SSSR count). The maximum atomic E-state index is 11.6. The van der Waals surface area contributed by atoms with Crippen molar-refractivity contribution in [3.8, 4) is 0 Å². The fraction of sp³-hybridized carbons (Fsp3) is 0.833. The Hall–Kier alpha value is -1.30. The van der Waals surface area contributed by atoms with Crippen LogP contribution in [0.3, 0.4) is 0 Å². The van der Waals surface area contributed by atoms with Crippen molar-refractivity contribution in [3.05, 3.63) is 0 Å². The summed E-state index contributed by atoms with van der Waals surface area (Å²) < 4.78 is 0. The Morgan fingerprint density at radius 3 is 2.56 bits per heavy atom. The molecule has 0 aromatic heterocycles. The molecule has 1 aliphatic heterocycles. The summed E-state index contributed by atoms with van der Waals surface area (Å²) in [6.45, 7) is 5.87. The second-order valence-electron chi connectivity index (χ2n) is 4.54. The molecule has 6 heteroatoms. The third-order valence-electron chi connectivity index (χ3n) is 3.12. The van der Waals surface area contributed by atoms with Crippen molar-refractivity contribution in [2.24, 2.45) is 0 Å². The molecule has 1 saturated heterocycles. The SMILES string of the molecule is CCN(CC(=O)O)C(=O)NCCCN1CCCC1. The maximum Gasteiger partial charge on any atom is 0.323 e. The van der Waals surface area contributed by atoms with Crippen molar-refractivity contribution in [1.29, 1.82) is 0 Å². The Labute approximate surface area is 108 Å². The van der Waals surface area contributed by atoms with E-state index in [1.807, 2.05) is 0 Å². The molecule has 2 amide bonds. The highest BCUT2D eigenvalue weighted by molar-refractivity contribution is 5.79. The highest BCUT2D eigenvalue weighted by Crippen LogP contribution is 2.06. The Morgan fingerprint density at radius 1 is 1.33 bits per heavy atom. The topological polar surface area (TPSA) is 72.9 Å². The average molecular weight is 257 g/mol. The van der Waals surface area contributed by atoms with Crippen molar-refractivity contribution >= 4 is 12.0 Å². The molecule has 0 unspecified atom stereocenters. The Bertz CT molecular complexity index is 278. The number of urea groups is 1. The molecule has 1 fully saturated rings. The zero-order valence-electron chi connectivity index (χ0n) is 11.0. The van der Waals surface area contributed by atoms with Gasteiger partial charge in [-0.2, -0.15) is 0 Å². The molecule has 18 heavy (non-hydrogen) atoms. The van der Waals surface area contributed by atoms with E-state index in [-0.39, 0.29) is 12.6 Å². The zero-order chi connectivity index (χ0) is 13.4. The molecule has 0 saturated carbocycles. The lowest BCUT2D eigenvalue weighted by Gasteiger charge is -2.20. The molecular weight excluding hydrogens is 234 g/mol. The van der Waals surface area contributed by atoms with Crippen molar-refractivity contribution < 1.29 is 14.7 Å². The summed E-state index contributed by atoms with van der Waals surface area (Å²) in [6, 6.07) is -0.290. The summed E-state index contributed by atoms with van der Waals surface area (Å²) in [4.78, 5) is 25.9. The van der Waals surface area contributed by atoms with E-state index in [0.717, 1.165) is 26.1 Å². The number of nitrogens with one attached hydrogen (secondary N) is 1. The number of amides is 2. The quantitative estimate of drug-likeness (QED) is 0.655. The predicted molar refractivity (Wildman–Crippen MR) is 68.6 cm³/mol. The molecule has 104 valence electrons. The molecular formula is C12H23N3O3. The van der Waals surface area contributed by atoms with Crippen LogP contribution in [0.2, 0.25) is 0 Å². The van der Waals surface area contributed by atoms with E-state index in [4.69, 9.17) is 5.11 Å². The molecule has 1 heterocycles. The number of aliphatic carboxylic acids is 1. The number of carboxylic acids is 1. The second kappa shape index (κ2) is 7.92. The van der Waals surface area contributed by atoms with Crippen LogP contribution in [0.15, 0.2) is 0 Å². The number of carbonyl (C=O) groups excluding carboxylic acids is 1. The van der Waals surface area contributed by atoms with Crippen LogP contribution in [0.5, 0.6) is 0 Å². The van der Waals surface area contributed by atoms with Gasteiger partial charge < -0.3 is 20.2 Å². The molecule has 2 N–H and O–H groups in total. The van der Waals surface area contributed by atoms with Gasteiger partial charge in [-0.25, -0.2) is 4.79 Å². The van der Waals surface area contributed by atoms with Crippen molar-refractivity contribution in [2.45, 2.75) is 26.2 Å². The summed E-state index contributed by atoms with van der Waals surface area (Å²) in [5, 5.41) is 11.4. The second-order valence-corrected chi connectivity index (χ2v) is 4.54. The Morgan fingerprint density at radius 2 is 2.00 bits per heavy atom. The minimum absolute atomic E-state index is 0.242. The minimum atomic E-state index is -0.982. The molecule has 0 spiro atoms. The van der Waals surface area contributed by atoms with Gasteiger partial charge in [0.1, 0.15) is 6.54 Å². The van der Waals surface area contributed by atoms with Crippen LogP contribution >= 0.6 is 0 Å². The summed E-state index contributed by atoms with van der Waals surface area (Å²) >= 11 is 0. The molecule has 0 aromatic carbocycles. The fourth-order valence-corrected chi connectivity index (χ4v) is 2.11. The molecule has 1 aliphatic rings. The number of carboxylic acid groups (broad SMARTS) is 1. The first-order valence-corrected chi connectivity index (χ1v) is 6.60.